The highest BCUT2D eigenvalue weighted by molar-refractivity contribution is 6.12. The van der Waals surface area contributed by atoms with Gasteiger partial charge in [0.1, 0.15) is 11.1 Å². The third-order valence-corrected chi connectivity index (χ3v) is 3.06. The summed E-state index contributed by atoms with van der Waals surface area (Å²) in [5, 5.41) is 47.9. The lowest BCUT2D eigenvalue weighted by molar-refractivity contribution is 0.346. The molecule has 0 saturated heterocycles. The van der Waals surface area contributed by atoms with Crippen LogP contribution >= 0.6 is 0 Å². The van der Waals surface area contributed by atoms with E-state index in [0.29, 0.717) is 0 Å². The van der Waals surface area contributed by atoms with Crippen molar-refractivity contribution in [3.63, 3.8) is 0 Å². The first-order chi connectivity index (χ1) is 9.43. The van der Waals surface area contributed by atoms with Gasteiger partial charge in [-0.05, 0) is 6.07 Å². The van der Waals surface area contributed by atoms with Crippen molar-refractivity contribution in [1.82, 2.24) is 0 Å². The molecule has 7 heteroatoms. The van der Waals surface area contributed by atoms with E-state index in [-0.39, 0.29) is 21.9 Å². The molecule has 1 heterocycles. The van der Waals surface area contributed by atoms with E-state index in [1.807, 2.05) is 0 Å². The second kappa shape index (κ2) is 3.70. The molecule has 3 rings (SSSR count). The number of benzene rings is 2. The van der Waals surface area contributed by atoms with E-state index in [2.05, 4.69) is 0 Å². The number of aromatic hydroxyl groups is 5. The van der Waals surface area contributed by atoms with Crippen LogP contribution in [0.4, 0.5) is 0 Å². The molecule has 0 amide bonds. The van der Waals surface area contributed by atoms with Gasteiger partial charge in [0.05, 0.1) is 5.39 Å². The Kier molecular flexibility index (Phi) is 2.22. The Bertz CT molecular complexity index is 924. The van der Waals surface area contributed by atoms with Gasteiger partial charge < -0.3 is 29.9 Å². The van der Waals surface area contributed by atoms with Crippen LogP contribution in [-0.2, 0) is 0 Å². The third kappa shape index (κ3) is 1.31. The highest BCUT2D eigenvalue weighted by Crippen LogP contribution is 2.50. The molecule has 20 heavy (non-hydrogen) atoms. The van der Waals surface area contributed by atoms with Crippen molar-refractivity contribution < 1.29 is 29.9 Å². The lowest BCUT2D eigenvalue weighted by atomic mass is 10.0. The third-order valence-electron chi connectivity index (χ3n) is 3.06. The Balaban J connectivity index is 2.76. The summed E-state index contributed by atoms with van der Waals surface area (Å²) in [5.74, 6) is -3.97. The smallest absolute Gasteiger partial charge is 0.348 e. The van der Waals surface area contributed by atoms with E-state index in [4.69, 9.17) is 4.42 Å². The summed E-state index contributed by atoms with van der Waals surface area (Å²) in [6, 6.07) is 4.06. The standard InChI is InChI=1S/C13H8O7/c14-5-3-1-2-4-6(5)13(19)20-12-7(4)8(15)9(16)10(17)11(12)18/h1-3,14-18H. The second-order valence-electron chi connectivity index (χ2n) is 4.19. The molecule has 7 nitrogen and oxygen atoms in total. The zero-order chi connectivity index (χ0) is 14.6. The molecule has 0 spiro atoms. The number of hydrogen-bond acceptors (Lipinski definition) is 7. The molecule has 3 aromatic rings. The second-order valence-corrected chi connectivity index (χ2v) is 4.19. The lowest BCUT2D eigenvalue weighted by Gasteiger charge is -2.10. The van der Waals surface area contributed by atoms with Gasteiger partial charge >= 0.3 is 5.63 Å². The normalized spacial score (nSPS) is 11.2. The van der Waals surface area contributed by atoms with E-state index in [1.54, 1.807) is 0 Å². The number of phenols is 5. The first-order valence-corrected chi connectivity index (χ1v) is 5.47. The minimum absolute atomic E-state index is 0.0688. The summed E-state index contributed by atoms with van der Waals surface area (Å²) in [5.41, 5.74) is -1.44. The average molecular weight is 276 g/mol. The van der Waals surface area contributed by atoms with Crippen LogP contribution in [0.1, 0.15) is 0 Å². The van der Waals surface area contributed by atoms with Gasteiger partial charge in [0, 0.05) is 5.39 Å². The number of fused-ring (bicyclic) bond motifs is 3. The molecule has 0 saturated carbocycles. The van der Waals surface area contributed by atoms with Gasteiger partial charge in [-0.25, -0.2) is 4.79 Å². The van der Waals surface area contributed by atoms with E-state index in [0.717, 1.165) is 0 Å². The van der Waals surface area contributed by atoms with Gasteiger partial charge in [-0.2, -0.15) is 0 Å². The van der Waals surface area contributed by atoms with E-state index >= 15 is 0 Å². The zero-order valence-corrected chi connectivity index (χ0v) is 9.78. The molecule has 0 aliphatic heterocycles. The molecule has 0 aliphatic carbocycles. The number of hydrogen-bond donors (Lipinski definition) is 5. The Morgan fingerprint density at radius 1 is 0.800 bits per heavy atom. The summed E-state index contributed by atoms with van der Waals surface area (Å²) in [6.45, 7) is 0. The van der Waals surface area contributed by atoms with Crippen LogP contribution in [0.25, 0.3) is 21.7 Å². The summed E-state index contributed by atoms with van der Waals surface area (Å²) in [7, 11) is 0. The molecule has 2 aromatic carbocycles. The Morgan fingerprint density at radius 3 is 2.15 bits per heavy atom. The summed E-state index contributed by atoms with van der Waals surface area (Å²) in [4.78, 5) is 11.8. The van der Waals surface area contributed by atoms with E-state index < -0.39 is 34.2 Å². The molecule has 1 aromatic heterocycles. The van der Waals surface area contributed by atoms with Crippen molar-refractivity contribution in [2.45, 2.75) is 0 Å². The maximum absolute atomic E-state index is 11.8. The number of phenolic OH excluding ortho intramolecular Hbond substituents is 5. The highest BCUT2D eigenvalue weighted by Gasteiger charge is 2.23. The van der Waals surface area contributed by atoms with Gasteiger partial charge in [-0.15, -0.1) is 0 Å². The molecule has 102 valence electrons. The fourth-order valence-electron chi connectivity index (χ4n) is 2.13. The topological polar surface area (TPSA) is 131 Å². The van der Waals surface area contributed by atoms with Crippen molar-refractivity contribution in [3.8, 4) is 28.7 Å². The minimum Gasteiger partial charge on any atom is -0.507 e. The lowest BCUT2D eigenvalue weighted by Crippen LogP contribution is -2.00. The minimum atomic E-state index is -1.00. The molecule has 0 fully saturated rings. The van der Waals surface area contributed by atoms with Crippen LogP contribution in [0, 0.1) is 0 Å². The van der Waals surface area contributed by atoms with E-state index in [9.17, 15) is 30.3 Å². The Morgan fingerprint density at radius 2 is 1.45 bits per heavy atom. The first kappa shape index (κ1) is 12.0. The summed E-state index contributed by atoms with van der Waals surface area (Å²) in [6.07, 6.45) is 0. The van der Waals surface area contributed by atoms with Crippen molar-refractivity contribution in [3.05, 3.63) is 28.6 Å². The van der Waals surface area contributed by atoms with Crippen LogP contribution in [0.3, 0.4) is 0 Å². The molecule has 0 unspecified atom stereocenters. The Hall–Kier alpha value is -3.09. The highest BCUT2D eigenvalue weighted by atomic mass is 16.4. The van der Waals surface area contributed by atoms with Crippen molar-refractivity contribution in [1.29, 1.82) is 0 Å². The molecule has 5 N–H and O–H groups in total. The van der Waals surface area contributed by atoms with Crippen LogP contribution in [0.5, 0.6) is 28.7 Å². The molecular weight excluding hydrogens is 268 g/mol. The fraction of sp³-hybridized carbons (Fsp3) is 0. The molecule has 0 radical (unpaired) electrons. The maximum atomic E-state index is 11.8. The monoisotopic (exact) mass is 276 g/mol. The van der Waals surface area contributed by atoms with Crippen LogP contribution in [0.2, 0.25) is 0 Å². The predicted octanol–water partition coefficient (Wildman–Crippen LogP) is 1.47. The van der Waals surface area contributed by atoms with Gasteiger partial charge in [0.15, 0.2) is 11.3 Å². The van der Waals surface area contributed by atoms with E-state index in [1.165, 1.54) is 18.2 Å². The summed E-state index contributed by atoms with van der Waals surface area (Å²) < 4.78 is 4.81. The molecule has 0 aliphatic rings. The van der Waals surface area contributed by atoms with Crippen molar-refractivity contribution >= 4 is 21.7 Å². The average Bonchev–Trinajstić information content (AvgIpc) is 2.42. The predicted molar refractivity (Wildman–Crippen MR) is 68.3 cm³/mol. The fourth-order valence-corrected chi connectivity index (χ4v) is 2.13. The van der Waals surface area contributed by atoms with Gasteiger partial charge in [-0.1, -0.05) is 12.1 Å². The van der Waals surface area contributed by atoms with Gasteiger partial charge in [-0.3, -0.25) is 0 Å². The number of rotatable bonds is 0. The SMILES string of the molecule is O=c1oc2c(O)c(O)c(O)c(O)c2c2cccc(O)c12. The van der Waals surface area contributed by atoms with Gasteiger partial charge in [0.25, 0.3) is 0 Å². The van der Waals surface area contributed by atoms with Crippen molar-refractivity contribution in [2.75, 3.05) is 0 Å². The first-order valence-electron chi connectivity index (χ1n) is 5.47. The van der Waals surface area contributed by atoms with Crippen molar-refractivity contribution in [2.24, 2.45) is 0 Å². The molecular formula is C13H8O7. The quantitative estimate of drug-likeness (QED) is 0.182. The van der Waals surface area contributed by atoms with Crippen LogP contribution in [0.15, 0.2) is 27.4 Å². The Labute approximate surface area is 110 Å². The van der Waals surface area contributed by atoms with Gasteiger partial charge in [0.2, 0.25) is 17.2 Å². The summed E-state index contributed by atoms with van der Waals surface area (Å²) >= 11 is 0. The van der Waals surface area contributed by atoms with Crippen LogP contribution in [-0.4, -0.2) is 25.5 Å². The van der Waals surface area contributed by atoms with Crippen LogP contribution < -0.4 is 5.63 Å². The zero-order valence-electron chi connectivity index (χ0n) is 9.78. The molecule has 0 atom stereocenters. The largest absolute Gasteiger partial charge is 0.507 e. The maximum Gasteiger partial charge on any atom is 0.348 e. The molecule has 0 bridgehead atoms.